The zero-order valence-electron chi connectivity index (χ0n) is 11.1. The van der Waals surface area contributed by atoms with E-state index >= 15 is 0 Å². The van der Waals surface area contributed by atoms with Gasteiger partial charge in [-0.05, 0) is 56.9 Å². The van der Waals surface area contributed by atoms with E-state index in [1.807, 2.05) is 19.1 Å². The van der Waals surface area contributed by atoms with E-state index in [1.165, 1.54) is 5.57 Å². The zero-order chi connectivity index (χ0) is 12.8. The van der Waals surface area contributed by atoms with Crippen molar-refractivity contribution in [2.45, 2.75) is 52.6 Å². The van der Waals surface area contributed by atoms with E-state index in [-0.39, 0.29) is 6.10 Å². The fourth-order valence-electron chi connectivity index (χ4n) is 2.52. The highest BCUT2D eigenvalue weighted by Gasteiger charge is 2.26. The zero-order valence-corrected chi connectivity index (χ0v) is 11.1. The SMILES string of the molecule is CC(C=O)=CCCC(C)C1CCC(C)=CC1O. The third kappa shape index (κ3) is 4.47. The van der Waals surface area contributed by atoms with Crippen LogP contribution in [0.4, 0.5) is 0 Å². The minimum atomic E-state index is -0.283. The predicted octanol–water partition coefficient (Wildman–Crippen LogP) is 3.27. The second-order valence-corrected chi connectivity index (χ2v) is 5.33. The molecule has 3 atom stereocenters. The molecule has 2 nitrogen and oxygen atoms in total. The fraction of sp³-hybridized carbons (Fsp3) is 0.667. The van der Waals surface area contributed by atoms with Crippen molar-refractivity contribution < 1.29 is 9.90 Å². The number of allylic oxidation sites excluding steroid dienone is 3. The molecule has 2 heteroatoms. The number of hydrogen-bond donors (Lipinski definition) is 1. The molecule has 0 spiro atoms. The number of rotatable bonds is 5. The number of aliphatic hydroxyl groups is 1. The van der Waals surface area contributed by atoms with Gasteiger partial charge in [0.25, 0.3) is 0 Å². The number of aldehydes is 1. The molecule has 1 aliphatic carbocycles. The van der Waals surface area contributed by atoms with E-state index in [4.69, 9.17) is 0 Å². The molecule has 0 saturated heterocycles. The molecule has 0 aromatic heterocycles. The van der Waals surface area contributed by atoms with Gasteiger partial charge in [0.05, 0.1) is 6.10 Å². The van der Waals surface area contributed by atoms with Gasteiger partial charge in [-0.3, -0.25) is 4.79 Å². The highest BCUT2D eigenvalue weighted by molar-refractivity contribution is 5.71. The van der Waals surface area contributed by atoms with E-state index in [2.05, 4.69) is 13.8 Å². The quantitative estimate of drug-likeness (QED) is 0.452. The van der Waals surface area contributed by atoms with E-state index in [0.29, 0.717) is 11.8 Å². The number of carbonyl (C=O) groups is 1. The molecule has 0 amide bonds. The van der Waals surface area contributed by atoms with Crippen LogP contribution in [-0.2, 0) is 4.79 Å². The Morgan fingerprint density at radius 1 is 1.65 bits per heavy atom. The summed E-state index contributed by atoms with van der Waals surface area (Å²) in [4.78, 5) is 10.5. The van der Waals surface area contributed by atoms with Crippen LogP contribution in [0.15, 0.2) is 23.3 Å². The van der Waals surface area contributed by atoms with Crippen molar-refractivity contribution in [2.24, 2.45) is 11.8 Å². The van der Waals surface area contributed by atoms with Crippen LogP contribution in [0.1, 0.15) is 46.5 Å². The first-order valence-electron chi connectivity index (χ1n) is 6.52. The van der Waals surface area contributed by atoms with Gasteiger partial charge in [-0.1, -0.05) is 24.6 Å². The summed E-state index contributed by atoms with van der Waals surface area (Å²) in [7, 11) is 0. The van der Waals surface area contributed by atoms with Crippen LogP contribution >= 0.6 is 0 Å². The summed E-state index contributed by atoms with van der Waals surface area (Å²) < 4.78 is 0. The largest absolute Gasteiger partial charge is 0.389 e. The van der Waals surface area contributed by atoms with Crippen LogP contribution in [0.2, 0.25) is 0 Å². The molecule has 0 aromatic rings. The van der Waals surface area contributed by atoms with Gasteiger partial charge < -0.3 is 5.11 Å². The Hall–Kier alpha value is -0.890. The summed E-state index contributed by atoms with van der Waals surface area (Å²) in [5.41, 5.74) is 2.11. The van der Waals surface area contributed by atoms with E-state index < -0.39 is 0 Å². The van der Waals surface area contributed by atoms with Crippen LogP contribution in [0.3, 0.4) is 0 Å². The predicted molar refractivity (Wildman–Crippen MR) is 70.7 cm³/mol. The topological polar surface area (TPSA) is 37.3 Å². The smallest absolute Gasteiger partial charge is 0.145 e. The Morgan fingerprint density at radius 3 is 2.94 bits per heavy atom. The molecular weight excluding hydrogens is 212 g/mol. The van der Waals surface area contributed by atoms with Crippen LogP contribution < -0.4 is 0 Å². The van der Waals surface area contributed by atoms with Gasteiger partial charge in [0.1, 0.15) is 6.29 Å². The maximum Gasteiger partial charge on any atom is 0.145 e. The molecule has 0 heterocycles. The maximum absolute atomic E-state index is 10.5. The monoisotopic (exact) mass is 236 g/mol. The first-order chi connectivity index (χ1) is 8.04. The van der Waals surface area contributed by atoms with Crippen molar-refractivity contribution in [2.75, 3.05) is 0 Å². The first-order valence-corrected chi connectivity index (χ1v) is 6.52. The van der Waals surface area contributed by atoms with Crippen molar-refractivity contribution in [3.63, 3.8) is 0 Å². The number of aliphatic hydroxyl groups excluding tert-OH is 1. The van der Waals surface area contributed by atoms with Gasteiger partial charge in [-0.2, -0.15) is 0 Å². The van der Waals surface area contributed by atoms with Crippen molar-refractivity contribution in [1.29, 1.82) is 0 Å². The van der Waals surface area contributed by atoms with Crippen molar-refractivity contribution in [3.8, 4) is 0 Å². The van der Waals surface area contributed by atoms with E-state index in [9.17, 15) is 9.90 Å². The van der Waals surface area contributed by atoms with Crippen LogP contribution in [0, 0.1) is 11.8 Å². The lowest BCUT2D eigenvalue weighted by molar-refractivity contribution is -0.104. The molecular formula is C15H24O2. The average molecular weight is 236 g/mol. The van der Waals surface area contributed by atoms with Crippen LogP contribution in [0.25, 0.3) is 0 Å². The summed E-state index contributed by atoms with van der Waals surface area (Å²) in [6.07, 6.45) is 8.76. The molecule has 0 fully saturated rings. The molecule has 1 aliphatic rings. The molecule has 1 N–H and O–H groups in total. The minimum absolute atomic E-state index is 0.283. The Bertz CT molecular complexity index is 315. The van der Waals surface area contributed by atoms with Crippen LogP contribution in [-0.4, -0.2) is 17.5 Å². The van der Waals surface area contributed by atoms with E-state index in [1.54, 1.807) is 0 Å². The Kier molecular flexibility index (Phi) is 5.63. The molecule has 17 heavy (non-hydrogen) atoms. The van der Waals surface area contributed by atoms with Crippen molar-refractivity contribution in [1.82, 2.24) is 0 Å². The highest BCUT2D eigenvalue weighted by Crippen LogP contribution is 2.31. The molecule has 0 bridgehead atoms. The molecule has 0 aliphatic heterocycles. The minimum Gasteiger partial charge on any atom is -0.389 e. The highest BCUT2D eigenvalue weighted by atomic mass is 16.3. The fourth-order valence-corrected chi connectivity index (χ4v) is 2.52. The second kappa shape index (κ2) is 6.75. The molecule has 96 valence electrons. The first kappa shape index (κ1) is 14.2. The maximum atomic E-state index is 10.5. The molecule has 0 radical (unpaired) electrons. The van der Waals surface area contributed by atoms with Gasteiger partial charge in [-0.25, -0.2) is 0 Å². The normalized spacial score (nSPS) is 27.5. The lowest BCUT2D eigenvalue weighted by atomic mass is 9.78. The second-order valence-electron chi connectivity index (χ2n) is 5.33. The van der Waals surface area contributed by atoms with Gasteiger partial charge >= 0.3 is 0 Å². The molecule has 3 unspecified atom stereocenters. The molecule has 0 saturated carbocycles. The average Bonchev–Trinajstić information content (AvgIpc) is 2.28. The Morgan fingerprint density at radius 2 is 2.35 bits per heavy atom. The van der Waals surface area contributed by atoms with Crippen LogP contribution in [0.5, 0.6) is 0 Å². The molecule has 0 aromatic carbocycles. The molecule has 1 rings (SSSR count). The third-order valence-electron chi connectivity index (χ3n) is 3.77. The lowest BCUT2D eigenvalue weighted by Gasteiger charge is -2.30. The summed E-state index contributed by atoms with van der Waals surface area (Å²) in [6, 6.07) is 0. The standard InChI is InChI=1S/C15H24O2/c1-11-7-8-14(15(17)9-11)13(3)6-4-5-12(2)10-16/h5,9-10,13-15,17H,4,6-8H2,1-3H3. The Balaban J connectivity index is 2.43. The van der Waals surface area contributed by atoms with E-state index in [0.717, 1.165) is 37.5 Å². The van der Waals surface area contributed by atoms with Crippen molar-refractivity contribution >= 4 is 6.29 Å². The van der Waals surface area contributed by atoms with Gasteiger partial charge in [-0.15, -0.1) is 0 Å². The Labute approximate surface area is 104 Å². The summed E-state index contributed by atoms with van der Waals surface area (Å²) in [6.45, 7) is 6.12. The summed E-state index contributed by atoms with van der Waals surface area (Å²) in [5, 5.41) is 10.0. The summed E-state index contributed by atoms with van der Waals surface area (Å²) in [5.74, 6) is 0.883. The summed E-state index contributed by atoms with van der Waals surface area (Å²) >= 11 is 0. The number of carbonyl (C=O) groups excluding carboxylic acids is 1. The number of hydrogen-bond acceptors (Lipinski definition) is 2. The lowest BCUT2D eigenvalue weighted by Crippen LogP contribution is -2.28. The van der Waals surface area contributed by atoms with Gasteiger partial charge in [0.15, 0.2) is 0 Å². The third-order valence-corrected chi connectivity index (χ3v) is 3.77. The van der Waals surface area contributed by atoms with Crippen molar-refractivity contribution in [3.05, 3.63) is 23.3 Å². The van der Waals surface area contributed by atoms with Gasteiger partial charge in [0.2, 0.25) is 0 Å². The van der Waals surface area contributed by atoms with Gasteiger partial charge in [0, 0.05) is 0 Å².